The first kappa shape index (κ1) is 19.3. The summed E-state index contributed by atoms with van der Waals surface area (Å²) in [5.74, 6) is 0. The fraction of sp³-hybridized carbons (Fsp3) is 0.350. The molecule has 0 N–H and O–H groups in total. The van der Waals surface area contributed by atoms with E-state index < -0.39 is 10.1 Å². The van der Waals surface area contributed by atoms with Crippen molar-refractivity contribution in [1.29, 1.82) is 0 Å². The summed E-state index contributed by atoms with van der Waals surface area (Å²) in [6, 6.07) is 14.8. The van der Waals surface area contributed by atoms with Crippen LogP contribution >= 0.6 is 0 Å². The monoisotopic (exact) mass is 359 g/mol. The summed E-state index contributed by atoms with van der Waals surface area (Å²) in [5.41, 5.74) is 5.01. The second-order valence-corrected chi connectivity index (χ2v) is 8.36. The smallest absolute Gasteiger partial charge is 0.180 e. The fourth-order valence-corrected chi connectivity index (χ4v) is 3.79. The molecule has 0 saturated heterocycles. The maximum atomic E-state index is 10.5. The van der Waals surface area contributed by atoms with Crippen LogP contribution in [0.3, 0.4) is 0 Å². The molecule has 4 nitrogen and oxygen atoms in total. The van der Waals surface area contributed by atoms with E-state index in [0.717, 1.165) is 6.42 Å². The van der Waals surface area contributed by atoms with Gasteiger partial charge in [0, 0.05) is 32.8 Å². The summed E-state index contributed by atoms with van der Waals surface area (Å²) < 4.78 is 33.9. The van der Waals surface area contributed by atoms with Crippen LogP contribution in [-0.4, -0.2) is 35.8 Å². The minimum atomic E-state index is -4.28. The molecule has 0 amide bonds. The highest BCUT2D eigenvalue weighted by Gasteiger charge is 2.35. The minimum Gasteiger partial charge on any atom is -0.744 e. The summed E-state index contributed by atoms with van der Waals surface area (Å²) in [5, 5.41) is 0. The number of likely N-dealkylation sites (N-methyl/N-ethyl adjacent to an activating group) is 1. The molecule has 1 aliphatic heterocycles. The molecule has 0 spiro atoms. The highest BCUT2D eigenvalue weighted by atomic mass is 32.2. The van der Waals surface area contributed by atoms with Crippen LogP contribution in [-0.2, 0) is 16.5 Å². The lowest BCUT2D eigenvalue weighted by Gasteiger charge is -2.28. The molecule has 25 heavy (non-hydrogen) atoms. The number of hydrogen-bond acceptors (Lipinski definition) is 3. The molecule has 0 unspecified atom stereocenters. The minimum absolute atomic E-state index is 0.139. The second-order valence-electron chi connectivity index (χ2n) is 7.01. The van der Waals surface area contributed by atoms with Gasteiger partial charge in [0.2, 0.25) is 0 Å². The van der Waals surface area contributed by atoms with E-state index in [2.05, 4.69) is 56.7 Å². The van der Waals surface area contributed by atoms with Gasteiger partial charge in [0.15, 0.2) is 11.3 Å². The average Bonchev–Trinajstić information content (AvgIpc) is 2.52. The number of aryl methyl sites for hydroxylation is 1. The van der Waals surface area contributed by atoms with Gasteiger partial charge in [0.25, 0.3) is 0 Å². The Bertz CT molecular complexity index is 912. The molecule has 0 aromatic heterocycles. The van der Waals surface area contributed by atoms with Crippen molar-refractivity contribution >= 4 is 15.8 Å². The molecule has 0 fully saturated rings. The lowest BCUT2D eigenvalue weighted by atomic mass is 9.86. The SMILES string of the molecule is CC1=[N+](C)C(C)(C)Cc2ccccc21.Cc1ccccc1S(=O)(=O)[O-]. The van der Waals surface area contributed by atoms with E-state index in [4.69, 9.17) is 0 Å². The van der Waals surface area contributed by atoms with E-state index in [0.29, 0.717) is 5.56 Å². The fourth-order valence-electron chi connectivity index (χ4n) is 3.08. The predicted octanol–water partition coefficient (Wildman–Crippen LogP) is 3.37. The van der Waals surface area contributed by atoms with Gasteiger partial charge in [0.05, 0.1) is 4.90 Å². The molecule has 0 saturated carbocycles. The van der Waals surface area contributed by atoms with Crippen LogP contribution in [0.4, 0.5) is 0 Å². The zero-order valence-corrected chi connectivity index (χ0v) is 16.2. The van der Waals surface area contributed by atoms with Gasteiger partial charge in [-0.1, -0.05) is 36.4 Å². The summed E-state index contributed by atoms with van der Waals surface area (Å²) >= 11 is 0. The Balaban J connectivity index is 0.000000186. The van der Waals surface area contributed by atoms with Gasteiger partial charge in [-0.15, -0.1) is 0 Å². The van der Waals surface area contributed by atoms with Gasteiger partial charge >= 0.3 is 0 Å². The standard InChI is InChI=1S/C13H18N.C7H8O3S/c1-10-12-8-6-5-7-11(12)9-13(2,3)14(10)4;1-6-4-2-3-5-7(6)11(8,9)10/h5-8H,9H2,1-4H3;2-5H,1H3,(H,8,9,10)/q+1;/p-1. The molecule has 3 rings (SSSR count). The molecule has 5 heteroatoms. The molecule has 1 heterocycles. The van der Waals surface area contributed by atoms with Gasteiger partial charge in [0.1, 0.15) is 17.2 Å². The normalized spacial score (nSPS) is 15.9. The van der Waals surface area contributed by atoms with Crippen molar-refractivity contribution in [3.05, 3.63) is 65.2 Å². The summed E-state index contributed by atoms with van der Waals surface area (Å²) in [4.78, 5) is -0.139. The molecule has 0 radical (unpaired) electrons. The molecule has 0 aliphatic carbocycles. The van der Waals surface area contributed by atoms with Crippen LogP contribution in [0, 0.1) is 6.92 Å². The first-order valence-electron chi connectivity index (χ1n) is 8.21. The third kappa shape index (κ3) is 4.35. The van der Waals surface area contributed by atoms with Crippen molar-refractivity contribution in [3.63, 3.8) is 0 Å². The Hall–Kier alpha value is -1.98. The van der Waals surface area contributed by atoms with E-state index >= 15 is 0 Å². The molecule has 134 valence electrons. The zero-order chi connectivity index (χ0) is 18.8. The average molecular weight is 359 g/mol. The van der Waals surface area contributed by atoms with E-state index in [-0.39, 0.29) is 10.4 Å². The third-order valence-corrected chi connectivity index (χ3v) is 5.80. The third-order valence-electron chi connectivity index (χ3n) is 4.80. The first-order chi connectivity index (χ1) is 11.5. The van der Waals surface area contributed by atoms with Crippen molar-refractivity contribution < 1.29 is 17.5 Å². The van der Waals surface area contributed by atoms with Crippen molar-refractivity contribution in [2.45, 2.75) is 44.6 Å². The largest absolute Gasteiger partial charge is 0.744 e. The molecule has 2 aromatic rings. The topological polar surface area (TPSA) is 60.2 Å². The summed E-state index contributed by atoms with van der Waals surface area (Å²) in [7, 11) is -2.10. The van der Waals surface area contributed by atoms with Crippen LogP contribution in [0.2, 0.25) is 0 Å². The van der Waals surface area contributed by atoms with Crippen LogP contribution in [0.1, 0.15) is 37.5 Å². The van der Waals surface area contributed by atoms with Crippen molar-refractivity contribution in [3.8, 4) is 0 Å². The van der Waals surface area contributed by atoms with Gasteiger partial charge in [-0.3, -0.25) is 0 Å². The Labute approximate surface area is 150 Å². The number of hydrogen-bond donors (Lipinski definition) is 0. The molecular weight excluding hydrogens is 334 g/mol. The number of fused-ring (bicyclic) bond motifs is 1. The predicted molar refractivity (Wildman–Crippen MR) is 99.3 cm³/mol. The number of nitrogens with zero attached hydrogens (tertiary/aromatic N) is 1. The number of rotatable bonds is 1. The quantitative estimate of drug-likeness (QED) is 0.579. The highest BCUT2D eigenvalue weighted by Crippen LogP contribution is 2.25. The molecule has 2 aromatic carbocycles. The second kappa shape index (κ2) is 7.10. The molecule has 1 aliphatic rings. The van der Waals surface area contributed by atoms with E-state index in [1.807, 2.05) is 0 Å². The Morgan fingerprint density at radius 2 is 1.56 bits per heavy atom. The Morgan fingerprint density at radius 1 is 1.00 bits per heavy atom. The van der Waals surface area contributed by atoms with Gasteiger partial charge < -0.3 is 4.55 Å². The van der Waals surface area contributed by atoms with Gasteiger partial charge in [-0.2, -0.15) is 0 Å². The van der Waals surface area contributed by atoms with E-state index in [1.165, 1.54) is 29.0 Å². The van der Waals surface area contributed by atoms with Crippen LogP contribution in [0.5, 0.6) is 0 Å². The summed E-state index contributed by atoms with van der Waals surface area (Å²) in [6.07, 6.45) is 1.14. The van der Waals surface area contributed by atoms with Gasteiger partial charge in [-0.25, -0.2) is 13.0 Å². The highest BCUT2D eigenvalue weighted by molar-refractivity contribution is 7.85. The first-order valence-corrected chi connectivity index (χ1v) is 9.62. The molecule has 0 atom stereocenters. The van der Waals surface area contributed by atoms with E-state index in [9.17, 15) is 13.0 Å². The van der Waals surface area contributed by atoms with Gasteiger partial charge in [-0.05, 0) is 30.2 Å². The lowest BCUT2D eigenvalue weighted by molar-refractivity contribution is -0.576. The Kier molecular flexibility index (Phi) is 5.49. The zero-order valence-electron chi connectivity index (χ0n) is 15.4. The Morgan fingerprint density at radius 3 is 2.12 bits per heavy atom. The maximum Gasteiger partial charge on any atom is 0.180 e. The van der Waals surface area contributed by atoms with Crippen molar-refractivity contribution in [2.24, 2.45) is 0 Å². The van der Waals surface area contributed by atoms with Crippen LogP contribution in [0.15, 0.2) is 53.4 Å². The van der Waals surface area contributed by atoms with Crippen molar-refractivity contribution in [2.75, 3.05) is 7.05 Å². The summed E-state index contributed by atoms with van der Waals surface area (Å²) in [6.45, 7) is 8.39. The lowest BCUT2D eigenvalue weighted by Crippen LogP contribution is -2.43. The van der Waals surface area contributed by atoms with Crippen LogP contribution < -0.4 is 0 Å². The number of benzene rings is 2. The van der Waals surface area contributed by atoms with E-state index in [1.54, 1.807) is 19.1 Å². The van der Waals surface area contributed by atoms with Crippen LogP contribution in [0.25, 0.3) is 0 Å². The molecule has 0 bridgehead atoms. The molecular formula is C20H25NO3S. The maximum absolute atomic E-state index is 10.5. The van der Waals surface area contributed by atoms with Crippen molar-refractivity contribution in [1.82, 2.24) is 0 Å².